The van der Waals surface area contributed by atoms with E-state index in [1.807, 2.05) is 6.26 Å². The number of nitrogens with zero attached hydrogens (tertiary/aromatic N) is 1. The highest BCUT2D eigenvalue weighted by Gasteiger charge is 2.17. The van der Waals surface area contributed by atoms with Crippen LogP contribution in [0.2, 0.25) is 0 Å². The molecule has 0 radical (unpaired) electrons. The molecule has 0 aliphatic carbocycles. The summed E-state index contributed by atoms with van der Waals surface area (Å²) in [6.45, 7) is 4.37. The van der Waals surface area contributed by atoms with Crippen LogP contribution in [0.5, 0.6) is 0 Å². The van der Waals surface area contributed by atoms with Crippen molar-refractivity contribution in [2.24, 2.45) is 0 Å². The van der Waals surface area contributed by atoms with Gasteiger partial charge >= 0.3 is 0 Å². The fourth-order valence-electron chi connectivity index (χ4n) is 3.03. The number of hydrogen-bond donors (Lipinski definition) is 1. The van der Waals surface area contributed by atoms with Crippen LogP contribution in [0.1, 0.15) is 24.8 Å². The summed E-state index contributed by atoms with van der Waals surface area (Å²) in [5, 5.41) is 3.52. The lowest BCUT2D eigenvalue weighted by molar-refractivity contribution is 0.122. The van der Waals surface area contributed by atoms with E-state index in [9.17, 15) is 0 Å². The Balaban J connectivity index is 1.34. The summed E-state index contributed by atoms with van der Waals surface area (Å²) in [5.41, 5.74) is 2.94. The fraction of sp³-hybridized carbons (Fsp3) is 0.529. The van der Waals surface area contributed by atoms with Gasteiger partial charge < -0.3 is 15.0 Å². The molecular formula is C17H24N2O. The quantitative estimate of drug-likeness (QED) is 0.806. The molecule has 1 aromatic carbocycles. The molecule has 0 aromatic heterocycles. The normalized spacial score (nSPS) is 20.8. The van der Waals surface area contributed by atoms with Crippen LogP contribution in [0.15, 0.2) is 36.6 Å². The molecule has 1 aromatic rings. The van der Waals surface area contributed by atoms with Crippen molar-refractivity contribution in [1.82, 2.24) is 5.32 Å². The predicted molar refractivity (Wildman–Crippen MR) is 83.1 cm³/mol. The number of para-hydroxylation sites is 1. The third-order valence-electron chi connectivity index (χ3n) is 4.16. The summed E-state index contributed by atoms with van der Waals surface area (Å²) >= 11 is 0. The Hall–Kier alpha value is -1.48. The Bertz CT molecular complexity index is 458. The van der Waals surface area contributed by atoms with Gasteiger partial charge in [0.2, 0.25) is 0 Å². The Labute approximate surface area is 121 Å². The topological polar surface area (TPSA) is 24.5 Å². The van der Waals surface area contributed by atoms with Crippen LogP contribution in [-0.4, -0.2) is 32.3 Å². The van der Waals surface area contributed by atoms with E-state index >= 15 is 0 Å². The minimum Gasteiger partial charge on any atom is -0.497 e. The van der Waals surface area contributed by atoms with Crippen molar-refractivity contribution < 1.29 is 4.74 Å². The second-order valence-corrected chi connectivity index (χ2v) is 5.63. The second-order valence-electron chi connectivity index (χ2n) is 5.63. The molecule has 2 aliphatic heterocycles. The first-order valence-electron chi connectivity index (χ1n) is 7.77. The van der Waals surface area contributed by atoms with Gasteiger partial charge in [-0.3, -0.25) is 0 Å². The number of fused-ring (bicyclic) bond motifs is 1. The van der Waals surface area contributed by atoms with Gasteiger partial charge in [0.05, 0.1) is 6.26 Å². The molecule has 3 nitrogen and oxygen atoms in total. The van der Waals surface area contributed by atoms with Gasteiger partial charge in [0.15, 0.2) is 0 Å². The average molecular weight is 272 g/mol. The van der Waals surface area contributed by atoms with Gasteiger partial charge in [-0.05, 0) is 49.9 Å². The lowest BCUT2D eigenvalue weighted by Gasteiger charge is -2.21. The molecule has 0 fully saturated rings. The Morgan fingerprint density at radius 3 is 3.15 bits per heavy atom. The van der Waals surface area contributed by atoms with Gasteiger partial charge in [0, 0.05) is 25.3 Å². The maximum Gasteiger partial charge on any atom is 0.110 e. The number of hydrogen-bond acceptors (Lipinski definition) is 3. The predicted octanol–water partition coefficient (Wildman–Crippen LogP) is 2.72. The molecule has 0 saturated heterocycles. The van der Waals surface area contributed by atoms with Gasteiger partial charge in [0.25, 0.3) is 0 Å². The highest BCUT2D eigenvalue weighted by molar-refractivity contribution is 5.57. The molecule has 0 amide bonds. The zero-order valence-electron chi connectivity index (χ0n) is 12.1. The molecule has 2 aliphatic rings. The van der Waals surface area contributed by atoms with E-state index in [0.29, 0.717) is 6.10 Å². The van der Waals surface area contributed by atoms with Crippen molar-refractivity contribution in [1.29, 1.82) is 0 Å². The summed E-state index contributed by atoms with van der Waals surface area (Å²) in [5.74, 6) is 0. The van der Waals surface area contributed by atoms with E-state index in [4.69, 9.17) is 4.74 Å². The summed E-state index contributed by atoms with van der Waals surface area (Å²) in [4.78, 5) is 2.51. The largest absolute Gasteiger partial charge is 0.497 e. The third-order valence-corrected chi connectivity index (χ3v) is 4.16. The number of benzene rings is 1. The molecule has 3 rings (SSSR count). The highest BCUT2D eigenvalue weighted by Crippen LogP contribution is 2.27. The van der Waals surface area contributed by atoms with Crippen LogP contribution in [0, 0.1) is 0 Å². The monoisotopic (exact) mass is 272 g/mol. The van der Waals surface area contributed by atoms with Gasteiger partial charge in [-0.1, -0.05) is 18.2 Å². The number of nitrogens with one attached hydrogen (secondary N) is 1. The van der Waals surface area contributed by atoms with E-state index in [0.717, 1.165) is 32.5 Å². The van der Waals surface area contributed by atoms with Gasteiger partial charge in [-0.25, -0.2) is 0 Å². The SMILES string of the molecule is C1=COC(CNCCCN2CCc3ccccc32)CC1. The van der Waals surface area contributed by atoms with E-state index in [1.165, 1.54) is 30.6 Å². The Kier molecular flexibility index (Phi) is 4.59. The van der Waals surface area contributed by atoms with Crippen molar-refractivity contribution in [2.75, 3.05) is 31.1 Å². The lowest BCUT2D eigenvalue weighted by atomic mass is 10.1. The van der Waals surface area contributed by atoms with Crippen molar-refractivity contribution in [3.63, 3.8) is 0 Å². The van der Waals surface area contributed by atoms with Crippen molar-refractivity contribution in [3.8, 4) is 0 Å². The molecule has 1 unspecified atom stereocenters. The fourth-order valence-corrected chi connectivity index (χ4v) is 3.03. The maximum absolute atomic E-state index is 5.55. The molecule has 2 heterocycles. The third kappa shape index (κ3) is 3.34. The number of rotatable bonds is 6. The molecule has 0 saturated carbocycles. The van der Waals surface area contributed by atoms with Crippen LogP contribution in [0.3, 0.4) is 0 Å². The first-order valence-corrected chi connectivity index (χ1v) is 7.77. The molecular weight excluding hydrogens is 248 g/mol. The van der Waals surface area contributed by atoms with Crippen LogP contribution < -0.4 is 10.2 Å². The zero-order chi connectivity index (χ0) is 13.6. The number of ether oxygens (including phenoxy) is 1. The zero-order valence-corrected chi connectivity index (χ0v) is 12.1. The molecule has 1 atom stereocenters. The number of anilines is 1. The maximum atomic E-state index is 5.55. The summed E-state index contributed by atoms with van der Waals surface area (Å²) < 4.78 is 5.55. The number of allylic oxidation sites excluding steroid dienone is 1. The van der Waals surface area contributed by atoms with Gasteiger partial charge in [-0.15, -0.1) is 0 Å². The van der Waals surface area contributed by atoms with Gasteiger partial charge in [-0.2, -0.15) is 0 Å². The summed E-state index contributed by atoms with van der Waals surface area (Å²) in [6.07, 6.45) is 8.99. The van der Waals surface area contributed by atoms with Crippen LogP contribution >= 0.6 is 0 Å². The van der Waals surface area contributed by atoms with Crippen molar-refractivity contribution >= 4 is 5.69 Å². The summed E-state index contributed by atoms with van der Waals surface area (Å²) in [6, 6.07) is 8.78. The molecule has 0 bridgehead atoms. The highest BCUT2D eigenvalue weighted by atomic mass is 16.5. The summed E-state index contributed by atoms with van der Waals surface area (Å²) in [7, 11) is 0. The van der Waals surface area contributed by atoms with Crippen LogP contribution in [-0.2, 0) is 11.2 Å². The van der Waals surface area contributed by atoms with Gasteiger partial charge in [0.1, 0.15) is 6.10 Å². The minimum atomic E-state index is 0.368. The van der Waals surface area contributed by atoms with Crippen LogP contribution in [0.25, 0.3) is 0 Å². The molecule has 1 N–H and O–H groups in total. The minimum absolute atomic E-state index is 0.368. The van der Waals surface area contributed by atoms with Crippen molar-refractivity contribution in [2.45, 2.75) is 31.8 Å². The molecule has 20 heavy (non-hydrogen) atoms. The molecule has 3 heteroatoms. The lowest BCUT2D eigenvalue weighted by Crippen LogP contribution is -2.31. The molecule has 108 valence electrons. The molecule has 0 spiro atoms. The average Bonchev–Trinajstić information content (AvgIpc) is 2.91. The second kappa shape index (κ2) is 6.80. The van der Waals surface area contributed by atoms with E-state index in [2.05, 4.69) is 40.6 Å². The standard InChI is InChI=1S/C17H24N2O/c1-2-8-17-15(6-1)9-12-19(17)11-5-10-18-14-16-7-3-4-13-20-16/h1-2,4,6,8,13,16,18H,3,5,7,9-12,14H2. The van der Waals surface area contributed by atoms with E-state index < -0.39 is 0 Å². The van der Waals surface area contributed by atoms with Crippen molar-refractivity contribution in [3.05, 3.63) is 42.2 Å². The smallest absolute Gasteiger partial charge is 0.110 e. The van der Waals surface area contributed by atoms with E-state index in [1.54, 1.807) is 0 Å². The van der Waals surface area contributed by atoms with E-state index in [-0.39, 0.29) is 0 Å². The first-order chi connectivity index (χ1) is 9.93. The first kappa shape index (κ1) is 13.5. The van der Waals surface area contributed by atoms with Crippen LogP contribution in [0.4, 0.5) is 5.69 Å². The Morgan fingerprint density at radius 2 is 2.25 bits per heavy atom. The Morgan fingerprint density at radius 1 is 1.30 bits per heavy atom.